The predicted molar refractivity (Wildman–Crippen MR) is 101 cm³/mol. The number of carbonyl (C=O) groups is 3. The maximum absolute atomic E-state index is 12.9. The van der Waals surface area contributed by atoms with Gasteiger partial charge in [-0.05, 0) is 42.3 Å². The molecule has 0 atom stereocenters. The first-order valence-corrected chi connectivity index (χ1v) is 8.78. The lowest BCUT2D eigenvalue weighted by atomic mass is 10.1. The van der Waals surface area contributed by atoms with Gasteiger partial charge >= 0.3 is 6.03 Å². The molecular weight excluding hydrogens is 365 g/mol. The molecule has 0 saturated carbocycles. The summed E-state index contributed by atoms with van der Waals surface area (Å²) in [5, 5.41) is 5.28. The second-order valence-electron chi connectivity index (χ2n) is 6.30. The van der Waals surface area contributed by atoms with E-state index in [-0.39, 0.29) is 36.3 Å². The van der Waals surface area contributed by atoms with Crippen molar-refractivity contribution in [2.24, 2.45) is 0 Å². The lowest BCUT2D eigenvalue weighted by Crippen LogP contribution is -2.31. The Morgan fingerprint density at radius 3 is 2.50 bits per heavy atom. The van der Waals surface area contributed by atoms with Crippen LogP contribution in [0.15, 0.2) is 42.5 Å². The molecule has 4 amide bonds. The number of fused-ring (bicyclic) bond motifs is 1. The number of nitrogens with one attached hydrogen (secondary N) is 2. The number of methoxy groups -OCH3 is 1. The molecule has 7 nitrogen and oxygen atoms in total. The van der Waals surface area contributed by atoms with Gasteiger partial charge in [-0.15, -0.1) is 0 Å². The molecule has 2 N–H and O–H groups in total. The standard InChI is InChI=1S/C20H20FN3O4/c1-28-10-2-9-24-18(25)16-8-7-15(11-17(16)19(24)26)23-20(27)22-12-13-3-5-14(21)6-4-13/h3-8,11H,2,9-10,12H2,1H3,(H2,22,23,27). The topological polar surface area (TPSA) is 87.7 Å². The number of hydrogen-bond donors (Lipinski definition) is 2. The maximum Gasteiger partial charge on any atom is 0.319 e. The summed E-state index contributed by atoms with van der Waals surface area (Å²) in [7, 11) is 1.56. The first-order chi connectivity index (χ1) is 13.5. The van der Waals surface area contributed by atoms with Crippen molar-refractivity contribution in [3.05, 3.63) is 65.0 Å². The van der Waals surface area contributed by atoms with Gasteiger partial charge in [0, 0.05) is 32.5 Å². The third-order valence-corrected chi connectivity index (χ3v) is 4.33. The van der Waals surface area contributed by atoms with Crippen LogP contribution in [0.5, 0.6) is 0 Å². The molecule has 0 saturated heterocycles. The van der Waals surface area contributed by atoms with E-state index in [0.29, 0.717) is 24.3 Å². The molecule has 0 aromatic heterocycles. The van der Waals surface area contributed by atoms with E-state index in [1.165, 1.54) is 29.2 Å². The number of benzene rings is 2. The molecule has 3 rings (SSSR count). The minimum absolute atomic E-state index is 0.224. The Hall–Kier alpha value is -3.26. The Morgan fingerprint density at radius 2 is 1.79 bits per heavy atom. The van der Waals surface area contributed by atoms with Gasteiger partial charge in [-0.3, -0.25) is 14.5 Å². The van der Waals surface area contributed by atoms with Gasteiger partial charge in [0.15, 0.2) is 0 Å². The van der Waals surface area contributed by atoms with Crippen molar-refractivity contribution in [2.45, 2.75) is 13.0 Å². The zero-order valence-corrected chi connectivity index (χ0v) is 15.3. The van der Waals surface area contributed by atoms with Crippen molar-refractivity contribution in [2.75, 3.05) is 25.6 Å². The summed E-state index contributed by atoms with van der Waals surface area (Å²) in [6.07, 6.45) is 0.554. The van der Waals surface area contributed by atoms with Crippen molar-refractivity contribution < 1.29 is 23.5 Å². The van der Waals surface area contributed by atoms with Gasteiger partial charge in [-0.1, -0.05) is 12.1 Å². The number of hydrogen-bond acceptors (Lipinski definition) is 4. The lowest BCUT2D eigenvalue weighted by molar-refractivity contribution is 0.0638. The van der Waals surface area contributed by atoms with Crippen LogP contribution in [0.25, 0.3) is 0 Å². The van der Waals surface area contributed by atoms with E-state index in [1.807, 2.05) is 0 Å². The molecule has 0 unspecified atom stereocenters. The fourth-order valence-electron chi connectivity index (χ4n) is 2.90. The number of anilines is 1. The third kappa shape index (κ3) is 4.34. The number of carbonyl (C=O) groups excluding carboxylic acids is 3. The first-order valence-electron chi connectivity index (χ1n) is 8.78. The first kappa shape index (κ1) is 19.5. The number of imide groups is 1. The van der Waals surface area contributed by atoms with Crippen LogP contribution >= 0.6 is 0 Å². The Bertz CT molecular complexity index is 899. The van der Waals surface area contributed by atoms with E-state index in [2.05, 4.69) is 10.6 Å². The molecule has 2 aromatic carbocycles. The fourth-order valence-corrected chi connectivity index (χ4v) is 2.90. The Balaban J connectivity index is 1.61. The molecule has 0 fully saturated rings. The van der Waals surface area contributed by atoms with E-state index < -0.39 is 6.03 Å². The molecule has 1 aliphatic rings. The highest BCUT2D eigenvalue weighted by Crippen LogP contribution is 2.26. The molecule has 8 heteroatoms. The van der Waals surface area contributed by atoms with Crippen LogP contribution < -0.4 is 10.6 Å². The summed E-state index contributed by atoms with van der Waals surface area (Å²) < 4.78 is 17.8. The van der Waals surface area contributed by atoms with Crippen LogP contribution in [0.3, 0.4) is 0 Å². The highest BCUT2D eigenvalue weighted by Gasteiger charge is 2.35. The summed E-state index contributed by atoms with van der Waals surface area (Å²) in [4.78, 5) is 38.1. The lowest BCUT2D eigenvalue weighted by Gasteiger charge is -2.12. The summed E-state index contributed by atoms with van der Waals surface area (Å²) in [6, 6.07) is 9.90. The highest BCUT2D eigenvalue weighted by molar-refractivity contribution is 6.21. The van der Waals surface area contributed by atoms with Crippen molar-refractivity contribution >= 4 is 23.5 Å². The zero-order valence-electron chi connectivity index (χ0n) is 15.3. The van der Waals surface area contributed by atoms with Gasteiger partial charge in [0.25, 0.3) is 11.8 Å². The van der Waals surface area contributed by atoms with E-state index in [9.17, 15) is 18.8 Å². The SMILES string of the molecule is COCCCN1C(=O)c2ccc(NC(=O)NCc3ccc(F)cc3)cc2C1=O. The van der Waals surface area contributed by atoms with Crippen molar-refractivity contribution in [1.82, 2.24) is 10.2 Å². The molecule has 1 heterocycles. The van der Waals surface area contributed by atoms with E-state index >= 15 is 0 Å². The number of nitrogens with zero attached hydrogens (tertiary/aromatic N) is 1. The summed E-state index contributed by atoms with van der Waals surface area (Å²) in [5.74, 6) is -1.07. The third-order valence-electron chi connectivity index (χ3n) is 4.33. The molecular formula is C20H20FN3O4. The van der Waals surface area contributed by atoms with Crippen molar-refractivity contribution in [3.63, 3.8) is 0 Å². The molecule has 146 valence electrons. The molecule has 0 aliphatic carbocycles. The molecule has 0 radical (unpaired) electrons. The summed E-state index contributed by atoms with van der Waals surface area (Å²) in [6.45, 7) is 0.956. The van der Waals surface area contributed by atoms with E-state index in [0.717, 1.165) is 5.56 Å². The smallest absolute Gasteiger partial charge is 0.319 e. The van der Waals surface area contributed by atoms with Gasteiger partial charge in [0.05, 0.1) is 11.1 Å². The quantitative estimate of drug-likeness (QED) is 0.567. The van der Waals surface area contributed by atoms with Crippen LogP contribution in [0.4, 0.5) is 14.9 Å². The average Bonchev–Trinajstić information content (AvgIpc) is 2.92. The molecule has 0 bridgehead atoms. The van der Waals surface area contributed by atoms with Crippen LogP contribution in [-0.4, -0.2) is 43.0 Å². The van der Waals surface area contributed by atoms with Gasteiger partial charge < -0.3 is 15.4 Å². The highest BCUT2D eigenvalue weighted by atomic mass is 19.1. The average molecular weight is 385 g/mol. The number of rotatable bonds is 7. The normalized spacial score (nSPS) is 12.9. The van der Waals surface area contributed by atoms with Crippen molar-refractivity contribution in [1.29, 1.82) is 0 Å². The van der Waals surface area contributed by atoms with Gasteiger partial charge in [-0.2, -0.15) is 0 Å². The summed E-state index contributed by atoms with van der Waals surface area (Å²) >= 11 is 0. The van der Waals surface area contributed by atoms with E-state index in [4.69, 9.17) is 4.74 Å². The minimum Gasteiger partial charge on any atom is -0.385 e. The molecule has 0 spiro atoms. The Labute approximate surface area is 161 Å². The Morgan fingerprint density at radius 1 is 1.07 bits per heavy atom. The van der Waals surface area contributed by atoms with Crippen molar-refractivity contribution in [3.8, 4) is 0 Å². The molecule has 28 heavy (non-hydrogen) atoms. The zero-order chi connectivity index (χ0) is 20.1. The predicted octanol–water partition coefficient (Wildman–Crippen LogP) is 2.78. The van der Waals surface area contributed by atoms with Gasteiger partial charge in [0.2, 0.25) is 0 Å². The molecule has 1 aliphatic heterocycles. The fraction of sp³-hybridized carbons (Fsp3) is 0.250. The monoisotopic (exact) mass is 385 g/mol. The van der Waals surface area contributed by atoms with Crippen LogP contribution in [-0.2, 0) is 11.3 Å². The number of urea groups is 1. The second kappa shape index (κ2) is 8.62. The number of halogens is 1. The molecule has 2 aromatic rings. The van der Waals surface area contributed by atoms with Crippen LogP contribution in [0.1, 0.15) is 32.7 Å². The van der Waals surface area contributed by atoms with E-state index in [1.54, 1.807) is 25.3 Å². The van der Waals surface area contributed by atoms with Crippen LogP contribution in [0, 0.1) is 5.82 Å². The summed E-state index contributed by atoms with van der Waals surface area (Å²) in [5.41, 5.74) is 1.73. The van der Waals surface area contributed by atoms with Gasteiger partial charge in [-0.25, -0.2) is 9.18 Å². The maximum atomic E-state index is 12.9. The number of ether oxygens (including phenoxy) is 1. The van der Waals surface area contributed by atoms with Gasteiger partial charge in [0.1, 0.15) is 5.82 Å². The number of amides is 4. The largest absolute Gasteiger partial charge is 0.385 e. The second-order valence-corrected chi connectivity index (χ2v) is 6.30. The van der Waals surface area contributed by atoms with Crippen LogP contribution in [0.2, 0.25) is 0 Å². The minimum atomic E-state index is -0.474. The Kier molecular flexibility index (Phi) is 6.00.